The Morgan fingerprint density at radius 3 is 2.69 bits per heavy atom. The molecule has 0 spiro atoms. The average Bonchev–Trinajstić information content (AvgIpc) is 2.75. The van der Waals surface area contributed by atoms with Crippen molar-refractivity contribution in [2.75, 3.05) is 13.2 Å². The molecule has 16 heavy (non-hydrogen) atoms. The molecule has 0 atom stereocenters. The van der Waals surface area contributed by atoms with E-state index in [9.17, 15) is 0 Å². The van der Waals surface area contributed by atoms with Crippen LogP contribution in [0.1, 0.15) is 0 Å². The Morgan fingerprint density at radius 2 is 1.94 bits per heavy atom. The van der Waals surface area contributed by atoms with Gasteiger partial charge >= 0.3 is 0 Å². The Balaban J connectivity index is 2.06. The van der Waals surface area contributed by atoms with Crippen molar-refractivity contribution >= 4 is 12.2 Å². The van der Waals surface area contributed by atoms with Crippen LogP contribution in [0.3, 0.4) is 0 Å². The van der Waals surface area contributed by atoms with Crippen molar-refractivity contribution in [2.24, 2.45) is 0 Å². The maximum absolute atomic E-state index is 5.49. The van der Waals surface area contributed by atoms with Gasteiger partial charge in [-0.25, -0.2) is 0 Å². The minimum Gasteiger partial charge on any atom is -0.486 e. The fourth-order valence-electron chi connectivity index (χ4n) is 1.60. The van der Waals surface area contributed by atoms with Crippen molar-refractivity contribution in [1.29, 1.82) is 0 Å². The summed E-state index contributed by atoms with van der Waals surface area (Å²) in [7, 11) is 0. The third-order valence-electron chi connectivity index (χ3n) is 2.32. The van der Waals surface area contributed by atoms with Crippen LogP contribution < -0.4 is 9.47 Å². The maximum atomic E-state index is 5.49. The van der Waals surface area contributed by atoms with Crippen LogP contribution in [0.15, 0.2) is 18.2 Å². The highest BCUT2D eigenvalue weighted by atomic mass is 32.1. The molecular weight excluding hydrogens is 226 g/mol. The van der Waals surface area contributed by atoms with Gasteiger partial charge in [-0.2, -0.15) is 4.98 Å². The number of rotatable bonds is 1. The molecule has 2 aromatic rings. The molecule has 1 aliphatic heterocycles. The maximum Gasteiger partial charge on any atom is 0.213 e. The van der Waals surface area contributed by atoms with Gasteiger partial charge < -0.3 is 9.47 Å². The number of ether oxygens (including phenoxy) is 2. The van der Waals surface area contributed by atoms with Gasteiger partial charge in [0.05, 0.1) is 0 Å². The standard InChI is InChI=1S/C10H9N3O2S/c16-10-11-9(12-13-10)6-1-2-7-8(5-6)15-4-3-14-7/h1-2,5H,3-4H2,(H2,11,12,13,16). The van der Waals surface area contributed by atoms with Gasteiger partial charge in [-0.05, 0) is 30.4 Å². The van der Waals surface area contributed by atoms with Crippen LogP contribution in [0.5, 0.6) is 11.5 Å². The van der Waals surface area contributed by atoms with E-state index in [2.05, 4.69) is 15.2 Å². The summed E-state index contributed by atoms with van der Waals surface area (Å²) < 4.78 is 11.4. The first-order valence-corrected chi connectivity index (χ1v) is 5.28. The van der Waals surface area contributed by atoms with E-state index < -0.39 is 0 Å². The number of nitrogens with zero attached hydrogens (tertiary/aromatic N) is 1. The second-order valence-corrected chi connectivity index (χ2v) is 3.76. The number of nitrogens with one attached hydrogen (secondary N) is 2. The van der Waals surface area contributed by atoms with Crippen molar-refractivity contribution < 1.29 is 9.47 Å². The number of hydrogen-bond acceptors (Lipinski definition) is 4. The zero-order valence-electron chi connectivity index (χ0n) is 8.32. The molecule has 0 unspecified atom stereocenters. The zero-order chi connectivity index (χ0) is 11.0. The molecule has 1 aromatic heterocycles. The molecule has 5 nitrogen and oxygen atoms in total. The number of benzene rings is 1. The third-order valence-corrected chi connectivity index (χ3v) is 2.51. The minimum absolute atomic E-state index is 0.435. The van der Waals surface area contributed by atoms with Crippen LogP contribution in [0, 0.1) is 4.77 Å². The molecule has 0 saturated heterocycles. The lowest BCUT2D eigenvalue weighted by Crippen LogP contribution is -2.15. The zero-order valence-corrected chi connectivity index (χ0v) is 9.13. The van der Waals surface area contributed by atoms with Gasteiger partial charge in [0.15, 0.2) is 17.3 Å². The highest BCUT2D eigenvalue weighted by Gasteiger charge is 2.13. The van der Waals surface area contributed by atoms with E-state index in [4.69, 9.17) is 21.7 Å². The largest absolute Gasteiger partial charge is 0.486 e. The Kier molecular flexibility index (Phi) is 2.14. The summed E-state index contributed by atoms with van der Waals surface area (Å²) in [5.74, 6) is 2.21. The minimum atomic E-state index is 0.435. The van der Waals surface area contributed by atoms with Gasteiger partial charge in [-0.1, -0.05) is 0 Å². The molecule has 0 fully saturated rings. The number of hydrogen-bond donors (Lipinski definition) is 2. The topological polar surface area (TPSA) is 62.9 Å². The van der Waals surface area contributed by atoms with Gasteiger partial charge in [0.1, 0.15) is 13.2 Å². The highest BCUT2D eigenvalue weighted by Crippen LogP contribution is 2.33. The Labute approximate surface area is 96.4 Å². The van der Waals surface area contributed by atoms with Crippen LogP contribution in [0.2, 0.25) is 0 Å². The highest BCUT2D eigenvalue weighted by molar-refractivity contribution is 7.71. The average molecular weight is 235 g/mol. The predicted octanol–water partition coefficient (Wildman–Crippen LogP) is 1.91. The van der Waals surface area contributed by atoms with Gasteiger partial charge in [-0.3, -0.25) is 10.2 Å². The lowest BCUT2D eigenvalue weighted by Gasteiger charge is -2.18. The van der Waals surface area contributed by atoms with Gasteiger partial charge in [0, 0.05) is 5.56 Å². The number of fused-ring (bicyclic) bond motifs is 1. The second-order valence-electron chi connectivity index (χ2n) is 3.37. The lowest BCUT2D eigenvalue weighted by atomic mass is 10.2. The predicted molar refractivity (Wildman–Crippen MR) is 60.2 cm³/mol. The quantitative estimate of drug-likeness (QED) is 0.741. The van der Waals surface area contributed by atoms with Crippen LogP contribution in [0.4, 0.5) is 0 Å². The second kappa shape index (κ2) is 3.64. The molecule has 0 saturated carbocycles. The van der Waals surface area contributed by atoms with Crippen molar-refractivity contribution in [3.63, 3.8) is 0 Å². The summed E-state index contributed by atoms with van der Waals surface area (Å²) >= 11 is 4.90. The summed E-state index contributed by atoms with van der Waals surface area (Å²) in [4.78, 5) is 4.14. The fraction of sp³-hybridized carbons (Fsp3) is 0.200. The number of H-pyrrole nitrogens is 2. The molecule has 6 heteroatoms. The van der Waals surface area contributed by atoms with Crippen molar-refractivity contribution in [2.45, 2.75) is 0 Å². The lowest BCUT2D eigenvalue weighted by molar-refractivity contribution is 0.171. The molecule has 82 valence electrons. The molecule has 0 radical (unpaired) electrons. The first-order chi connectivity index (χ1) is 7.83. The first-order valence-electron chi connectivity index (χ1n) is 4.87. The molecule has 1 aromatic carbocycles. The van der Waals surface area contributed by atoms with E-state index in [-0.39, 0.29) is 0 Å². The number of aromatic amines is 2. The van der Waals surface area contributed by atoms with Crippen LogP contribution >= 0.6 is 12.2 Å². The van der Waals surface area contributed by atoms with Crippen molar-refractivity contribution in [1.82, 2.24) is 15.2 Å². The summed E-state index contributed by atoms with van der Waals surface area (Å²) in [6, 6.07) is 5.67. The molecule has 2 heterocycles. The van der Waals surface area contributed by atoms with E-state index in [1.165, 1.54) is 0 Å². The van der Waals surface area contributed by atoms with Gasteiger partial charge in [0.2, 0.25) is 4.77 Å². The molecule has 0 bridgehead atoms. The van der Waals surface area contributed by atoms with Crippen LogP contribution in [-0.4, -0.2) is 28.4 Å². The molecule has 2 N–H and O–H groups in total. The summed E-state index contributed by atoms with van der Waals surface area (Å²) in [6.07, 6.45) is 0. The van der Waals surface area contributed by atoms with Gasteiger partial charge in [-0.15, -0.1) is 0 Å². The van der Waals surface area contributed by atoms with E-state index in [1.807, 2.05) is 18.2 Å². The summed E-state index contributed by atoms with van der Waals surface area (Å²) in [5, 5.41) is 5.65. The smallest absolute Gasteiger partial charge is 0.213 e. The summed E-state index contributed by atoms with van der Waals surface area (Å²) in [5.41, 5.74) is 0.914. The molecule has 3 rings (SSSR count). The van der Waals surface area contributed by atoms with E-state index in [0.29, 0.717) is 23.8 Å². The molecular formula is C10H9N3O2S. The fourth-order valence-corrected chi connectivity index (χ4v) is 1.74. The summed E-state index contributed by atoms with van der Waals surface area (Å²) in [6.45, 7) is 1.17. The monoisotopic (exact) mass is 235 g/mol. The SMILES string of the molecule is S=c1nc(-c2ccc3c(c2)OCCO3)[nH][nH]1. The van der Waals surface area contributed by atoms with Crippen LogP contribution in [0.25, 0.3) is 11.4 Å². The normalized spacial score (nSPS) is 13.8. The van der Waals surface area contributed by atoms with E-state index in [1.54, 1.807) is 0 Å². The van der Waals surface area contributed by atoms with Crippen LogP contribution in [-0.2, 0) is 0 Å². The molecule has 1 aliphatic rings. The Morgan fingerprint density at radius 1 is 1.12 bits per heavy atom. The van der Waals surface area contributed by atoms with Crippen molar-refractivity contribution in [3.8, 4) is 22.9 Å². The number of aromatic nitrogens is 3. The Hall–Kier alpha value is -1.82. The Bertz CT molecular complexity index is 575. The molecule has 0 amide bonds. The van der Waals surface area contributed by atoms with E-state index >= 15 is 0 Å². The van der Waals surface area contributed by atoms with Crippen molar-refractivity contribution in [3.05, 3.63) is 23.0 Å². The molecule has 0 aliphatic carbocycles. The van der Waals surface area contributed by atoms with Gasteiger partial charge in [0.25, 0.3) is 0 Å². The van der Waals surface area contributed by atoms with E-state index in [0.717, 1.165) is 17.1 Å². The third kappa shape index (κ3) is 1.57. The first kappa shape index (κ1) is 9.41.